The lowest BCUT2D eigenvalue weighted by Crippen LogP contribution is -2.44. The van der Waals surface area contributed by atoms with Crippen LogP contribution in [0.5, 0.6) is 0 Å². The lowest BCUT2D eigenvalue weighted by molar-refractivity contribution is 0.0385. The first-order chi connectivity index (χ1) is 10.3. The van der Waals surface area contributed by atoms with E-state index in [1.165, 1.54) is 5.57 Å². The van der Waals surface area contributed by atoms with E-state index in [-0.39, 0.29) is 25.4 Å². The summed E-state index contributed by atoms with van der Waals surface area (Å²) in [5, 5.41) is 12.7. The van der Waals surface area contributed by atoms with Crippen molar-refractivity contribution in [3.63, 3.8) is 0 Å². The number of hydrogen-bond donors (Lipinski definition) is 2. The number of ether oxygens (including phenoxy) is 1. The summed E-state index contributed by atoms with van der Waals surface area (Å²) in [7, 11) is 0. The molecule has 0 saturated carbocycles. The molecule has 0 spiro atoms. The van der Waals surface area contributed by atoms with Crippen LogP contribution in [0, 0.1) is 5.92 Å². The first kappa shape index (κ1) is 13.0. The van der Waals surface area contributed by atoms with Crippen molar-refractivity contribution in [3.8, 4) is 0 Å². The van der Waals surface area contributed by atoms with E-state index >= 15 is 0 Å². The summed E-state index contributed by atoms with van der Waals surface area (Å²) in [5.74, 6) is 3.56. The summed E-state index contributed by atoms with van der Waals surface area (Å²) < 4.78 is 6.05. The smallest absolute Gasteiger partial charge is 0.259 e. The van der Waals surface area contributed by atoms with Gasteiger partial charge in [0.1, 0.15) is 12.1 Å². The maximum absolute atomic E-state index is 9.34. The van der Waals surface area contributed by atoms with Crippen molar-refractivity contribution in [3.05, 3.63) is 30.0 Å². The number of hydrogen-bond acceptors (Lipinski definition) is 5. The van der Waals surface area contributed by atoms with Crippen LogP contribution in [-0.4, -0.2) is 47.0 Å². The molecular weight excluding hydrogens is 265 g/mol. The molecule has 4 heterocycles. The Bertz CT molecular complexity index is 631. The summed E-state index contributed by atoms with van der Waals surface area (Å²) in [6.07, 6.45) is 6.72. The second-order valence-electron chi connectivity index (χ2n) is 6.03. The number of aliphatic hydroxyl groups is 1. The molecule has 1 aromatic rings. The second-order valence-corrected chi connectivity index (χ2v) is 6.03. The lowest BCUT2D eigenvalue weighted by atomic mass is 9.42. The van der Waals surface area contributed by atoms with Crippen LogP contribution in [0.1, 0.15) is 18.9 Å². The number of nitrogens with zero attached hydrogens (tertiary/aromatic N) is 2. The molecule has 0 aromatic carbocycles. The highest BCUT2D eigenvalue weighted by Crippen LogP contribution is 2.34. The van der Waals surface area contributed by atoms with Gasteiger partial charge in [0.15, 0.2) is 0 Å². The van der Waals surface area contributed by atoms with Gasteiger partial charge in [-0.1, -0.05) is 25.1 Å². The van der Waals surface area contributed by atoms with Gasteiger partial charge in [-0.3, -0.25) is 4.98 Å². The molecule has 21 heavy (non-hydrogen) atoms. The molecule has 1 fully saturated rings. The van der Waals surface area contributed by atoms with Gasteiger partial charge in [0.25, 0.3) is 6.71 Å². The van der Waals surface area contributed by atoms with Gasteiger partial charge in [0, 0.05) is 23.7 Å². The fourth-order valence-corrected chi connectivity index (χ4v) is 3.67. The maximum Gasteiger partial charge on any atom is 0.259 e. The molecule has 2 N–H and O–H groups in total. The quantitative estimate of drug-likeness (QED) is 0.770. The van der Waals surface area contributed by atoms with E-state index in [1.54, 1.807) is 6.33 Å². The van der Waals surface area contributed by atoms with Crippen molar-refractivity contribution in [1.29, 1.82) is 0 Å². The van der Waals surface area contributed by atoms with Crippen molar-refractivity contribution in [1.82, 2.24) is 9.97 Å². The molecule has 1 aromatic heterocycles. The molecule has 5 nitrogen and oxygen atoms in total. The van der Waals surface area contributed by atoms with Crippen LogP contribution in [0.15, 0.2) is 24.5 Å². The third-order valence-electron chi connectivity index (χ3n) is 4.63. The Kier molecular flexibility index (Phi) is 3.08. The van der Waals surface area contributed by atoms with Crippen LogP contribution in [0.3, 0.4) is 0 Å². The van der Waals surface area contributed by atoms with E-state index in [1.807, 2.05) is 0 Å². The van der Waals surface area contributed by atoms with E-state index in [9.17, 15) is 5.11 Å². The molecule has 1 unspecified atom stereocenters. The molecule has 0 radical (unpaired) electrons. The molecule has 0 aliphatic carbocycles. The minimum absolute atomic E-state index is 0.0474. The monoisotopic (exact) mass is 283 g/mol. The fraction of sp³-hybridized carbons (Fsp3) is 0.467. The zero-order valence-electron chi connectivity index (χ0n) is 12.0. The van der Waals surface area contributed by atoms with Crippen molar-refractivity contribution in [2.45, 2.75) is 25.5 Å². The summed E-state index contributed by atoms with van der Waals surface area (Å²) in [6, 6.07) is 0.0778. The number of allylic oxidation sites excluding steroid dienone is 2. The minimum atomic E-state index is -0.0474. The van der Waals surface area contributed by atoms with Gasteiger partial charge in [-0.05, 0) is 17.9 Å². The highest BCUT2D eigenvalue weighted by molar-refractivity contribution is 6.82. The number of aromatic nitrogens is 2. The number of rotatable bonds is 2. The Labute approximate surface area is 124 Å². The SMILES string of the molecule is C[C@H]1C[C@@H](CO)OC1B1C=C2C=CCNc3ncnc1c32. The maximum atomic E-state index is 9.34. The average molecular weight is 283 g/mol. The van der Waals surface area contributed by atoms with Gasteiger partial charge in [-0.25, -0.2) is 4.98 Å². The lowest BCUT2D eigenvalue weighted by Gasteiger charge is -2.19. The van der Waals surface area contributed by atoms with Gasteiger partial charge >= 0.3 is 0 Å². The summed E-state index contributed by atoms with van der Waals surface area (Å²) in [4.78, 5) is 8.88. The summed E-state index contributed by atoms with van der Waals surface area (Å²) in [6.45, 7) is 3.21. The summed E-state index contributed by atoms with van der Waals surface area (Å²) in [5.41, 5.74) is 3.34. The topological polar surface area (TPSA) is 67.3 Å². The van der Waals surface area contributed by atoms with Crippen molar-refractivity contribution >= 4 is 23.7 Å². The van der Waals surface area contributed by atoms with E-state index in [0.29, 0.717) is 5.92 Å². The van der Waals surface area contributed by atoms with Gasteiger partial charge in [0.05, 0.1) is 12.7 Å². The van der Waals surface area contributed by atoms with Gasteiger partial charge in [-0.2, -0.15) is 0 Å². The van der Waals surface area contributed by atoms with E-state index in [0.717, 1.165) is 29.9 Å². The molecule has 3 aliphatic heterocycles. The Morgan fingerprint density at radius 3 is 3.19 bits per heavy atom. The predicted octanol–water partition coefficient (Wildman–Crippen LogP) is 0.421. The Hall–Kier alpha value is -1.66. The second kappa shape index (κ2) is 4.96. The minimum Gasteiger partial charge on any atom is -0.394 e. The first-order valence-corrected chi connectivity index (χ1v) is 7.51. The number of aliphatic hydroxyl groups excluding tert-OH is 1. The standard InChI is InChI=1S/C15H18BN3O2/c1-9-5-11(7-20)21-14(9)16-6-10-3-2-4-17-15-12(10)13(16)18-8-19-15/h2-3,6,8-9,11,14,20H,4-5,7H2,1H3,(H,17,18,19)/t9-,11-,14?/m0/s1. The van der Waals surface area contributed by atoms with Crippen LogP contribution < -0.4 is 10.9 Å². The molecule has 4 rings (SSSR count). The number of anilines is 1. The van der Waals surface area contributed by atoms with Crippen LogP contribution in [0.25, 0.3) is 5.57 Å². The Balaban J connectivity index is 1.75. The normalized spacial score (nSPS) is 29.9. The summed E-state index contributed by atoms with van der Waals surface area (Å²) >= 11 is 0. The zero-order valence-corrected chi connectivity index (χ0v) is 12.0. The predicted molar refractivity (Wildman–Crippen MR) is 82.6 cm³/mol. The molecule has 1 saturated heterocycles. The Morgan fingerprint density at radius 1 is 1.48 bits per heavy atom. The van der Waals surface area contributed by atoms with Crippen molar-refractivity contribution in [2.75, 3.05) is 18.5 Å². The number of nitrogens with one attached hydrogen (secondary N) is 1. The van der Waals surface area contributed by atoms with Gasteiger partial charge < -0.3 is 15.2 Å². The average Bonchev–Trinajstić information content (AvgIpc) is 2.97. The van der Waals surface area contributed by atoms with Gasteiger partial charge in [0.2, 0.25) is 0 Å². The largest absolute Gasteiger partial charge is 0.394 e. The first-order valence-electron chi connectivity index (χ1n) is 7.51. The fourth-order valence-electron chi connectivity index (χ4n) is 3.67. The van der Waals surface area contributed by atoms with Crippen LogP contribution in [0.2, 0.25) is 0 Å². The molecule has 108 valence electrons. The molecule has 6 heteroatoms. The van der Waals surface area contributed by atoms with Crippen LogP contribution in [-0.2, 0) is 4.74 Å². The Morgan fingerprint density at radius 2 is 2.38 bits per heavy atom. The highest BCUT2D eigenvalue weighted by atomic mass is 16.5. The van der Waals surface area contributed by atoms with Crippen LogP contribution in [0.4, 0.5) is 5.82 Å². The third kappa shape index (κ3) is 2.01. The highest BCUT2D eigenvalue weighted by Gasteiger charge is 2.44. The molecule has 0 amide bonds. The molecular formula is C15H18BN3O2. The van der Waals surface area contributed by atoms with E-state index in [4.69, 9.17) is 4.74 Å². The zero-order chi connectivity index (χ0) is 14.4. The van der Waals surface area contributed by atoms with Crippen molar-refractivity contribution in [2.24, 2.45) is 5.92 Å². The van der Waals surface area contributed by atoms with Crippen LogP contribution >= 0.6 is 0 Å². The molecule has 0 bridgehead atoms. The third-order valence-corrected chi connectivity index (χ3v) is 4.63. The van der Waals surface area contributed by atoms with Crippen molar-refractivity contribution < 1.29 is 9.84 Å². The molecule has 3 atom stereocenters. The molecule has 3 aliphatic rings. The van der Waals surface area contributed by atoms with E-state index < -0.39 is 0 Å². The van der Waals surface area contributed by atoms with Gasteiger partial charge in [-0.15, -0.1) is 0 Å². The van der Waals surface area contributed by atoms with E-state index in [2.05, 4.69) is 40.3 Å².